The Morgan fingerprint density at radius 1 is 1.29 bits per heavy atom. The van der Waals surface area contributed by atoms with E-state index in [2.05, 4.69) is 51.6 Å². The van der Waals surface area contributed by atoms with Crippen molar-refractivity contribution >= 4 is 20.3 Å². The van der Waals surface area contributed by atoms with Crippen molar-refractivity contribution in [2.75, 3.05) is 0 Å². The van der Waals surface area contributed by atoms with Gasteiger partial charge in [0.25, 0.3) is 0 Å². The summed E-state index contributed by atoms with van der Waals surface area (Å²) in [5, 5.41) is 1.51. The number of hydrogen-bond donors (Lipinski definition) is 0. The second kappa shape index (κ2) is 6.15. The average molecular weight is 247 g/mol. The van der Waals surface area contributed by atoms with Crippen LogP contribution in [0.3, 0.4) is 0 Å². The van der Waals surface area contributed by atoms with E-state index in [9.17, 15) is 4.79 Å². The highest BCUT2D eigenvalue weighted by molar-refractivity contribution is 6.72. The molecule has 0 amide bonds. The van der Waals surface area contributed by atoms with Crippen LogP contribution in [0, 0.1) is 0 Å². The van der Waals surface area contributed by atoms with Crippen molar-refractivity contribution in [1.82, 2.24) is 0 Å². The van der Waals surface area contributed by atoms with Gasteiger partial charge in [-0.15, -0.1) is 0 Å². The molecule has 1 aromatic carbocycles. The Bertz CT molecular complexity index is 371. The van der Waals surface area contributed by atoms with E-state index in [-0.39, 0.29) is 5.41 Å². The molecule has 93 valence electrons. The molecule has 0 aliphatic carbocycles. The summed E-state index contributed by atoms with van der Waals surface area (Å²) in [7, 11) is -0.464. The van der Waals surface area contributed by atoms with Crippen LogP contribution in [-0.4, -0.2) is 15.1 Å². The Kier molecular flexibility index (Phi) is 5.13. The van der Waals surface area contributed by atoms with Gasteiger partial charge in [-0.3, -0.25) is 0 Å². The Labute approximate surface area is 107 Å². The van der Waals surface area contributed by atoms with E-state index in [0.717, 1.165) is 6.29 Å². The molecule has 0 fully saturated rings. The third kappa shape index (κ3) is 3.53. The first-order valence-electron chi connectivity index (χ1n) is 6.39. The molecule has 0 spiro atoms. The van der Waals surface area contributed by atoms with Gasteiger partial charge in [0.05, 0.1) is 8.80 Å². The number of carbonyl (C=O) groups excluding carboxylic acids is 1. The molecule has 0 saturated heterocycles. The highest BCUT2D eigenvalue weighted by Gasteiger charge is 2.24. The van der Waals surface area contributed by atoms with E-state index in [1.54, 1.807) is 0 Å². The van der Waals surface area contributed by atoms with Gasteiger partial charge in [-0.25, -0.2) is 0 Å². The van der Waals surface area contributed by atoms with Gasteiger partial charge >= 0.3 is 0 Å². The van der Waals surface area contributed by atoms with Crippen LogP contribution < -0.4 is 5.19 Å². The lowest BCUT2D eigenvalue weighted by molar-refractivity contribution is -0.108. The molecule has 1 radical (unpaired) electrons. The number of aldehydes is 1. The molecule has 1 nitrogen and oxygen atoms in total. The molecule has 1 aromatic rings. The van der Waals surface area contributed by atoms with Crippen LogP contribution >= 0.6 is 0 Å². The van der Waals surface area contributed by atoms with Gasteiger partial charge in [0.15, 0.2) is 0 Å². The molecule has 2 heteroatoms. The standard InChI is InChI=1S/C15H23OSi/c1-5-12-17(4)14-9-7-6-8-13(14)15(2,3)10-11-16/h6-9,11H,5,10,12H2,1-4H3. The predicted molar refractivity (Wildman–Crippen MR) is 76.5 cm³/mol. The molecule has 17 heavy (non-hydrogen) atoms. The summed E-state index contributed by atoms with van der Waals surface area (Å²) in [6.07, 6.45) is 2.89. The predicted octanol–water partition coefficient (Wildman–Crippen LogP) is 3.29. The first-order valence-corrected chi connectivity index (χ1v) is 8.59. The lowest BCUT2D eigenvalue weighted by atomic mass is 9.82. The topological polar surface area (TPSA) is 17.1 Å². The van der Waals surface area contributed by atoms with Crippen molar-refractivity contribution in [3.63, 3.8) is 0 Å². The molecule has 0 aromatic heterocycles. The number of rotatable bonds is 6. The van der Waals surface area contributed by atoms with Crippen molar-refractivity contribution in [1.29, 1.82) is 0 Å². The molecule has 0 saturated carbocycles. The minimum absolute atomic E-state index is 0.0298. The second-order valence-electron chi connectivity index (χ2n) is 5.33. The average Bonchev–Trinajstić information content (AvgIpc) is 2.29. The third-order valence-electron chi connectivity index (χ3n) is 3.33. The largest absolute Gasteiger partial charge is 0.303 e. The Morgan fingerprint density at radius 3 is 2.53 bits per heavy atom. The summed E-state index contributed by atoms with van der Waals surface area (Å²) in [5.41, 5.74) is 1.34. The molecular formula is C15H23OSi. The maximum absolute atomic E-state index is 10.8. The third-order valence-corrected chi connectivity index (χ3v) is 5.94. The molecule has 0 atom stereocenters. The zero-order chi connectivity index (χ0) is 12.9. The molecular weight excluding hydrogens is 224 g/mol. The van der Waals surface area contributed by atoms with Crippen LogP contribution in [0.1, 0.15) is 39.2 Å². The molecule has 0 heterocycles. The van der Waals surface area contributed by atoms with Gasteiger partial charge < -0.3 is 4.79 Å². The SMILES string of the molecule is CCC[Si](C)c1ccccc1C(C)(C)CC=O. The monoisotopic (exact) mass is 247 g/mol. The number of benzene rings is 1. The summed E-state index contributed by atoms with van der Waals surface area (Å²) < 4.78 is 0. The van der Waals surface area contributed by atoms with E-state index in [0.29, 0.717) is 6.42 Å². The minimum atomic E-state index is -0.464. The van der Waals surface area contributed by atoms with E-state index in [1.807, 2.05) is 0 Å². The van der Waals surface area contributed by atoms with E-state index in [4.69, 9.17) is 0 Å². The van der Waals surface area contributed by atoms with Gasteiger partial charge in [0.2, 0.25) is 0 Å². The van der Waals surface area contributed by atoms with Crippen molar-refractivity contribution in [2.45, 2.75) is 51.6 Å². The van der Waals surface area contributed by atoms with Crippen molar-refractivity contribution < 1.29 is 4.79 Å². The molecule has 0 aliphatic rings. The molecule has 0 bridgehead atoms. The zero-order valence-electron chi connectivity index (χ0n) is 11.4. The summed E-state index contributed by atoms with van der Waals surface area (Å²) in [4.78, 5) is 10.8. The minimum Gasteiger partial charge on any atom is -0.303 e. The maximum atomic E-state index is 10.8. The highest BCUT2D eigenvalue weighted by Crippen LogP contribution is 2.25. The highest BCUT2D eigenvalue weighted by atomic mass is 28.3. The lowest BCUT2D eigenvalue weighted by Gasteiger charge is -2.27. The molecule has 0 unspecified atom stereocenters. The van der Waals surface area contributed by atoms with Crippen molar-refractivity contribution in [3.8, 4) is 0 Å². The Balaban J connectivity index is 3.10. The van der Waals surface area contributed by atoms with Crippen LogP contribution in [-0.2, 0) is 10.2 Å². The van der Waals surface area contributed by atoms with Crippen LogP contribution in [0.4, 0.5) is 0 Å². The fraction of sp³-hybridized carbons (Fsp3) is 0.533. The van der Waals surface area contributed by atoms with Crippen molar-refractivity contribution in [3.05, 3.63) is 29.8 Å². The van der Waals surface area contributed by atoms with Gasteiger partial charge in [-0.2, -0.15) is 0 Å². The smallest absolute Gasteiger partial charge is 0.120 e. The molecule has 0 aliphatic heterocycles. The van der Waals surface area contributed by atoms with Gasteiger partial charge in [0.1, 0.15) is 6.29 Å². The second-order valence-corrected chi connectivity index (χ2v) is 7.93. The summed E-state index contributed by atoms with van der Waals surface area (Å²) in [5.74, 6) is 0. The van der Waals surface area contributed by atoms with Crippen molar-refractivity contribution in [2.24, 2.45) is 0 Å². The maximum Gasteiger partial charge on any atom is 0.120 e. The van der Waals surface area contributed by atoms with Gasteiger partial charge in [-0.05, 0) is 11.0 Å². The zero-order valence-corrected chi connectivity index (χ0v) is 12.4. The van der Waals surface area contributed by atoms with Crippen LogP contribution in [0.15, 0.2) is 24.3 Å². The van der Waals surface area contributed by atoms with E-state index < -0.39 is 8.80 Å². The molecule has 0 N–H and O–H groups in total. The summed E-state index contributed by atoms with van der Waals surface area (Å²) >= 11 is 0. The Hall–Kier alpha value is -0.893. The van der Waals surface area contributed by atoms with Crippen LogP contribution in [0.5, 0.6) is 0 Å². The van der Waals surface area contributed by atoms with Crippen LogP contribution in [0.2, 0.25) is 12.6 Å². The molecule has 1 rings (SSSR count). The first-order chi connectivity index (χ1) is 8.03. The van der Waals surface area contributed by atoms with E-state index in [1.165, 1.54) is 23.2 Å². The first kappa shape index (κ1) is 14.2. The van der Waals surface area contributed by atoms with Gasteiger partial charge in [-0.1, -0.05) is 69.2 Å². The lowest BCUT2D eigenvalue weighted by Crippen LogP contribution is -2.35. The Morgan fingerprint density at radius 2 is 1.94 bits per heavy atom. The van der Waals surface area contributed by atoms with Crippen LogP contribution in [0.25, 0.3) is 0 Å². The summed E-state index contributed by atoms with van der Waals surface area (Å²) in [6, 6.07) is 9.97. The number of carbonyl (C=O) groups is 1. The quantitative estimate of drug-likeness (QED) is 0.557. The van der Waals surface area contributed by atoms with E-state index >= 15 is 0 Å². The number of hydrogen-bond acceptors (Lipinski definition) is 1. The van der Waals surface area contributed by atoms with Gasteiger partial charge in [0, 0.05) is 6.42 Å². The fourth-order valence-corrected chi connectivity index (χ4v) is 4.55. The fourth-order valence-electron chi connectivity index (χ4n) is 2.27. The summed E-state index contributed by atoms with van der Waals surface area (Å²) in [6.45, 7) is 8.96. The normalized spacial score (nSPS) is 11.8.